The molecule has 0 spiro atoms. The molecule has 1 saturated heterocycles. The largest absolute Gasteiger partial charge is 0.493 e. The zero-order valence-electron chi connectivity index (χ0n) is 18.9. The van der Waals surface area contributed by atoms with Crippen LogP contribution in [0.4, 0.5) is 0 Å². The number of benzene rings is 3. The Labute approximate surface area is 204 Å². The van der Waals surface area contributed by atoms with E-state index in [2.05, 4.69) is 89.1 Å². The molecule has 0 amide bonds. The molecule has 1 aliphatic heterocycles. The fourth-order valence-electron chi connectivity index (χ4n) is 4.31. The van der Waals surface area contributed by atoms with Crippen molar-refractivity contribution >= 4 is 17.3 Å². The molecule has 4 aromatic rings. The molecule has 4 nitrogen and oxygen atoms in total. The van der Waals surface area contributed by atoms with E-state index in [4.69, 9.17) is 9.84 Å². The Balaban J connectivity index is 1.23. The quantitative estimate of drug-likeness (QED) is 0.316. The maximum atomic E-state index is 11.1. The molecule has 5 rings (SSSR count). The minimum absolute atomic E-state index is 0.235. The third-order valence-corrected chi connectivity index (χ3v) is 7.16. The number of carbonyl (C=O) groups is 1. The molecule has 1 aromatic heterocycles. The van der Waals surface area contributed by atoms with Gasteiger partial charge in [0.2, 0.25) is 0 Å². The van der Waals surface area contributed by atoms with Gasteiger partial charge in [0.25, 0.3) is 0 Å². The summed E-state index contributed by atoms with van der Waals surface area (Å²) in [6.07, 6.45) is 0.838. The normalized spacial score (nSPS) is 14.0. The Morgan fingerprint density at radius 1 is 0.912 bits per heavy atom. The number of hydrogen-bond acceptors (Lipinski definition) is 4. The Morgan fingerprint density at radius 3 is 2.35 bits per heavy atom. The second-order valence-corrected chi connectivity index (χ2v) is 9.65. The Bertz CT molecular complexity index is 1230. The molecule has 0 aliphatic carbocycles. The van der Waals surface area contributed by atoms with Gasteiger partial charge in [0.1, 0.15) is 5.75 Å². The lowest BCUT2D eigenvalue weighted by Gasteiger charge is -2.36. The molecule has 5 heteroatoms. The summed E-state index contributed by atoms with van der Waals surface area (Å²) in [5.74, 6) is -0.0470. The number of ether oxygens (including phenoxy) is 1. The van der Waals surface area contributed by atoms with E-state index in [1.807, 2.05) is 6.07 Å². The van der Waals surface area contributed by atoms with Gasteiger partial charge >= 0.3 is 5.97 Å². The highest BCUT2D eigenvalue weighted by atomic mass is 32.1. The highest BCUT2D eigenvalue weighted by molar-refractivity contribution is 7.13. The van der Waals surface area contributed by atoms with Crippen molar-refractivity contribution in [1.82, 2.24) is 4.90 Å². The first-order valence-corrected chi connectivity index (χ1v) is 12.4. The first-order chi connectivity index (χ1) is 16.7. The lowest BCUT2D eigenvalue weighted by Crippen LogP contribution is -2.49. The standard InChI is InChI=1S/C29H27NO3S/c31-29(32)25-19-30(20-25)18-22-10-13-27(26(17-22)28-7-4-16-34-28)33-15-14-21-8-11-24(12-9-21)23-5-2-1-3-6-23/h1-13,16-17,25H,14-15,18-20H2,(H,31,32). The van der Waals surface area contributed by atoms with Crippen LogP contribution in [-0.2, 0) is 17.8 Å². The summed E-state index contributed by atoms with van der Waals surface area (Å²) in [5, 5.41) is 11.2. The van der Waals surface area contributed by atoms with Crippen LogP contribution in [0.2, 0.25) is 0 Å². The molecule has 3 aromatic carbocycles. The van der Waals surface area contributed by atoms with Crippen LogP contribution in [0.1, 0.15) is 11.1 Å². The number of nitrogens with zero attached hydrogens (tertiary/aromatic N) is 1. The van der Waals surface area contributed by atoms with Crippen LogP contribution in [0, 0.1) is 5.92 Å². The second kappa shape index (κ2) is 10.2. The third-order valence-electron chi connectivity index (χ3n) is 6.25. The van der Waals surface area contributed by atoms with Crippen LogP contribution in [0.5, 0.6) is 5.75 Å². The summed E-state index contributed by atoms with van der Waals surface area (Å²) in [7, 11) is 0. The van der Waals surface area contributed by atoms with Crippen molar-refractivity contribution < 1.29 is 14.6 Å². The van der Waals surface area contributed by atoms with Gasteiger partial charge in [-0.1, -0.05) is 66.7 Å². The first kappa shape index (κ1) is 22.4. The molecule has 1 aliphatic rings. The number of likely N-dealkylation sites (tertiary alicyclic amines) is 1. The minimum atomic E-state index is -0.700. The van der Waals surface area contributed by atoms with Crippen LogP contribution in [0.25, 0.3) is 21.6 Å². The van der Waals surface area contributed by atoms with Crippen molar-refractivity contribution in [2.75, 3.05) is 19.7 Å². The lowest BCUT2D eigenvalue weighted by molar-refractivity contribution is -0.147. The van der Waals surface area contributed by atoms with Gasteiger partial charge in [0, 0.05) is 36.5 Å². The molecule has 2 heterocycles. The van der Waals surface area contributed by atoms with Crippen LogP contribution in [-0.4, -0.2) is 35.7 Å². The van der Waals surface area contributed by atoms with Gasteiger partial charge in [0.05, 0.1) is 12.5 Å². The van der Waals surface area contributed by atoms with Gasteiger partial charge in [-0.05, 0) is 45.8 Å². The monoisotopic (exact) mass is 469 g/mol. The molecule has 34 heavy (non-hydrogen) atoms. The van der Waals surface area contributed by atoms with Crippen molar-refractivity contribution in [2.24, 2.45) is 5.92 Å². The van der Waals surface area contributed by atoms with E-state index in [0.29, 0.717) is 19.7 Å². The summed E-state index contributed by atoms with van der Waals surface area (Å²) >= 11 is 1.70. The van der Waals surface area contributed by atoms with Gasteiger partial charge in [-0.2, -0.15) is 0 Å². The van der Waals surface area contributed by atoms with Crippen LogP contribution >= 0.6 is 11.3 Å². The average Bonchev–Trinajstić information content (AvgIpc) is 3.37. The summed E-state index contributed by atoms with van der Waals surface area (Å²) in [6.45, 7) is 2.60. The van der Waals surface area contributed by atoms with Crippen LogP contribution in [0.15, 0.2) is 90.3 Å². The molecule has 1 fully saturated rings. The van der Waals surface area contributed by atoms with E-state index in [9.17, 15) is 4.79 Å². The Kier molecular flexibility index (Phi) is 6.74. The van der Waals surface area contributed by atoms with Gasteiger partial charge in [-0.3, -0.25) is 9.69 Å². The van der Waals surface area contributed by atoms with Gasteiger partial charge in [-0.25, -0.2) is 0 Å². The summed E-state index contributed by atoms with van der Waals surface area (Å²) < 4.78 is 6.24. The smallest absolute Gasteiger partial charge is 0.309 e. The summed E-state index contributed by atoms with van der Waals surface area (Å²) in [5.41, 5.74) is 5.97. The Morgan fingerprint density at radius 2 is 1.65 bits per heavy atom. The molecule has 1 N–H and O–H groups in total. The lowest BCUT2D eigenvalue weighted by atomic mass is 9.99. The average molecular weight is 470 g/mol. The van der Waals surface area contributed by atoms with Crippen LogP contribution in [0.3, 0.4) is 0 Å². The zero-order chi connectivity index (χ0) is 23.3. The Hall–Kier alpha value is -3.41. The number of carboxylic acid groups (broad SMARTS) is 1. The predicted molar refractivity (Wildman–Crippen MR) is 137 cm³/mol. The summed E-state index contributed by atoms with van der Waals surface area (Å²) in [4.78, 5) is 14.4. The molecular weight excluding hydrogens is 442 g/mol. The van der Waals surface area contributed by atoms with Crippen molar-refractivity contribution in [2.45, 2.75) is 13.0 Å². The second-order valence-electron chi connectivity index (χ2n) is 8.70. The number of aliphatic carboxylic acids is 1. The maximum absolute atomic E-state index is 11.1. The van der Waals surface area contributed by atoms with E-state index in [1.54, 1.807) is 11.3 Å². The number of hydrogen-bond donors (Lipinski definition) is 1. The molecule has 0 bridgehead atoms. The molecule has 0 saturated carbocycles. The van der Waals surface area contributed by atoms with E-state index in [-0.39, 0.29) is 5.92 Å². The van der Waals surface area contributed by atoms with Crippen molar-refractivity contribution in [1.29, 1.82) is 0 Å². The van der Waals surface area contributed by atoms with E-state index >= 15 is 0 Å². The minimum Gasteiger partial charge on any atom is -0.493 e. The molecule has 0 atom stereocenters. The zero-order valence-corrected chi connectivity index (χ0v) is 19.7. The third kappa shape index (κ3) is 5.22. The van der Waals surface area contributed by atoms with Crippen LogP contribution < -0.4 is 4.74 Å². The summed E-state index contributed by atoms with van der Waals surface area (Å²) in [6, 6.07) is 29.6. The van der Waals surface area contributed by atoms with Gasteiger partial charge < -0.3 is 9.84 Å². The molecular formula is C29H27NO3S. The number of thiophene rings is 1. The number of rotatable bonds is 9. The van der Waals surface area contributed by atoms with Crippen molar-refractivity contribution in [3.05, 3.63) is 101 Å². The van der Waals surface area contributed by atoms with Crippen molar-refractivity contribution in [3.63, 3.8) is 0 Å². The number of carboxylic acids is 1. The van der Waals surface area contributed by atoms with E-state index < -0.39 is 5.97 Å². The highest BCUT2D eigenvalue weighted by Crippen LogP contribution is 2.35. The fraction of sp³-hybridized carbons (Fsp3) is 0.207. The van der Waals surface area contributed by atoms with E-state index in [0.717, 1.165) is 24.3 Å². The molecule has 0 unspecified atom stereocenters. The van der Waals surface area contributed by atoms with Gasteiger partial charge in [-0.15, -0.1) is 11.3 Å². The fourth-order valence-corrected chi connectivity index (χ4v) is 5.06. The van der Waals surface area contributed by atoms with E-state index in [1.165, 1.54) is 27.1 Å². The predicted octanol–water partition coefficient (Wildman–Crippen LogP) is 6.22. The maximum Gasteiger partial charge on any atom is 0.309 e. The van der Waals surface area contributed by atoms with Crippen molar-refractivity contribution in [3.8, 4) is 27.3 Å². The topological polar surface area (TPSA) is 49.8 Å². The SMILES string of the molecule is O=C(O)C1CN(Cc2ccc(OCCc3ccc(-c4ccccc4)cc3)c(-c3cccs3)c2)C1. The molecule has 172 valence electrons. The molecule has 0 radical (unpaired) electrons. The van der Waals surface area contributed by atoms with Gasteiger partial charge in [0.15, 0.2) is 0 Å². The highest BCUT2D eigenvalue weighted by Gasteiger charge is 2.32. The first-order valence-electron chi connectivity index (χ1n) is 11.5.